The van der Waals surface area contributed by atoms with Gasteiger partial charge < -0.3 is 10.5 Å². The molecule has 1 heterocycles. The monoisotopic (exact) mass is 351 g/mol. The predicted molar refractivity (Wildman–Crippen MR) is 87.1 cm³/mol. The van der Waals surface area contributed by atoms with E-state index in [0.717, 1.165) is 6.42 Å². The van der Waals surface area contributed by atoms with E-state index in [1.165, 1.54) is 12.3 Å². The Morgan fingerprint density at radius 2 is 2.19 bits per heavy atom. The van der Waals surface area contributed by atoms with Crippen LogP contribution in [0.25, 0.3) is 0 Å². The number of pyridine rings is 1. The number of hydrogen-bond donors (Lipinski definition) is 2. The summed E-state index contributed by atoms with van der Waals surface area (Å²) in [5.74, 6) is 0.337. The van der Waals surface area contributed by atoms with E-state index in [9.17, 15) is 8.42 Å². The van der Waals surface area contributed by atoms with Crippen molar-refractivity contribution in [2.24, 2.45) is 5.16 Å². The molecule has 0 atom stereocenters. The Bertz CT molecular complexity index is 606. The summed E-state index contributed by atoms with van der Waals surface area (Å²) in [5.41, 5.74) is 0.356. The first-order valence-corrected chi connectivity index (χ1v) is 9.77. The standard InChI is InChI=1S/C12H18ClN3O3S2/c1-3-5-14-11-10(21(18,19)6-4-2)7-9(8-15-11)12(16-17)20-13/h7-8,17H,3-6H2,1-2H3,(H,14,15)/b16-12-. The molecule has 0 radical (unpaired) electrons. The van der Waals surface area contributed by atoms with Gasteiger partial charge in [0.05, 0.1) is 5.75 Å². The average molecular weight is 352 g/mol. The second kappa shape index (κ2) is 8.45. The molecular weight excluding hydrogens is 334 g/mol. The molecule has 0 aliphatic carbocycles. The molecule has 6 nitrogen and oxygen atoms in total. The number of oxime groups is 1. The van der Waals surface area contributed by atoms with E-state index < -0.39 is 9.84 Å². The van der Waals surface area contributed by atoms with Crippen LogP contribution < -0.4 is 5.32 Å². The lowest BCUT2D eigenvalue weighted by molar-refractivity contribution is 0.321. The van der Waals surface area contributed by atoms with Crippen molar-refractivity contribution >= 4 is 42.4 Å². The summed E-state index contributed by atoms with van der Waals surface area (Å²) < 4.78 is 24.7. The fourth-order valence-electron chi connectivity index (χ4n) is 1.67. The molecule has 0 fully saturated rings. The van der Waals surface area contributed by atoms with Crippen LogP contribution in [-0.2, 0) is 9.84 Å². The molecule has 0 aromatic carbocycles. The van der Waals surface area contributed by atoms with Crippen LogP contribution >= 0.6 is 21.7 Å². The maximum atomic E-state index is 12.3. The lowest BCUT2D eigenvalue weighted by Crippen LogP contribution is -2.13. The maximum Gasteiger partial charge on any atom is 0.182 e. The highest BCUT2D eigenvalue weighted by atomic mass is 35.7. The van der Waals surface area contributed by atoms with Crippen molar-refractivity contribution in [2.45, 2.75) is 31.6 Å². The Balaban J connectivity index is 3.35. The molecule has 21 heavy (non-hydrogen) atoms. The average Bonchev–Trinajstić information content (AvgIpc) is 2.47. The van der Waals surface area contributed by atoms with Gasteiger partial charge in [-0.1, -0.05) is 19.0 Å². The van der Waals surface area contributed by atoms with Gasteiger partial charge in [-0.15, -0.1) is 0 Å². The Morgan fingerprint density at radius 3 is 2.71 bits per heavy atom. The molecule has 0 aliphatic heterocycles. The van der Waals surface area contributed by atoms with E-state index in [1.807, 2.05) is 6.92 Å². The SMILES string of the molecule is CCCNc1ncc(/C(=N/O)SCl)cc1S(=O)(=O)CCC. The van der Waals surface area contributed by atoms with Crippen LogP contribution in [0.1, 0.15) is 32.3 Å². The third-order valence-corrected chi connectivity index (χ3v) is 5.44. The molecule has 1 aromatic rings. The minimum atomic E-state index is -3.46. The van der Waals surface area contributed by atoms with Crippen molar-refractivity contribution < 1.29 is 13.6 Å². The Labute approximate surface area is 133 Å². The van der Waals surface area contributed by atoms with Crippen LogP contribution in [0.5, 0.6) is 0 Å². The molecule has 0 amide bonds. The van der Waals surface area contributed by atoms with Crippen molar-refractivity contribution in [3.63, 3.8) is 0 Å². The van der Waals surface area contributed by atoms with E-state index in [-0.39, 0.29) is 15.7 Å². The van der Waals surface area contributed by atoms with Crippen LogP contribution in [0.2, 0.25) is 0 Å². The van der Waals surface area contributed by atoms with Crippen LogP contribution in [0.15, 0.2) is 22.3 Å². The molecular formula is C12H18ClN3O3S2. The Kier molecular flexibility index (Phi) is 7.27. The molecule has 0 spiro atoms. The number of hydrogen-bond acceptors (Lipinski definition) is 7. The number of halogens is 1. The Hall–Kier alpha value is -0.990. The van der Waals surface area contributed by atoms with E-state index in [0.29, 0.717) is 35.3 Å². The van der Waals surface area contributed by atoms with Gasteiger partial charge in [0.2, 0.25) is 0 Å². The van der Waals surface area contributed by atoms with E-state index in [2.05, 4.69) is 15.5 Å². The Morgan fingerprint density at radius 1 is 1.48 bits per heavy atom. The van der Waals surface area contributed by atoms with Gasteiger partial charge in [-0.2, -0.15) is 0 Å². The summed E-state index contributed by atoms with van der Waals surface area (Å²) in [4.78, 5) is 4.23. The van der Waals surface area contributed by atoms with Crippen molar-refractivity contribution in [3.8, 4) is 0 Å². The summed E-state index contributed by atoms with van der Waals surface area (Å²) in [6, 6.07) is 1.43. The molecule has 0 unspecified atom stereocenters. The minimum Gasteiger partial charge on any atom is -0.410 e. The smallest absolute Gasteiger partial charge is 0.182 e. The van der Waals surface area contributed by atoms with Gasteiger partial charge in [0.15, 0.2) is 14.9 Å². The zero-order chi connectivity index (χ0) is 15.9. The lowest BCUT2D eigenvalue weighted by atomic mass is 10.3. The summed E-state index contributed by atoms with van der Waals surface area (Å²) in [5, 5.41) is 15.0. The third kappa shape index (κ3) is 4.76. The molecule has 9 heteroatoms. The van der Waals surface area contributed by atoms with Gasteiger partial charge >= 0.3 is 0 Å². The van der Waals surface area contributed by atoms with Gasteiger partial charge in [-0.3, -0.25) is 0 Å². The van der Waals surface area contributed by atoms with Crippen molar-refractivity contribution in [3.05, 3.63) is 17.8 Å². The number of aromatic nitrogens is 1. The van der Waals surface area contributed by atoms with Crippen molar-refractivity contribution in [2.75, 3.05) is 17.6 Å². The second-order valence-corrected chi connectivity index (χ2v) is 7.38. The van der Waals surface area contributed by atoms with E-state index in [1.54, 1.807) is 6.92 Å². The van der Waals surface area contributed by atoms with Crippen LogP contribution in [0, 0.1) is 0 Å². The number of nitrogens with one attached hydrogen (secondary N) is 1. The summed E-state index contributed by atoms with van der Waals surface area (Å²) >= 11 is 0. The highest BCUT2D eigenvalue weighted by Gasteiger charge is 2.21. The largest absolute Gasteiger partial charge is 0.410 e. The molecule has 0 aliphatic rings. The topological polar surface area (TPSA) is 91.7 Å². The zero-order valence-electron chi connectivity index (χ0n) is 11.8. The van der Waals surface area contributed by atoms with Crippen LogP contribution in [-0.4, -0.2) is 36.0 Å². The molecule has 118 valence electrons. The van der Waals surface area contributed by atoms with Gasteiger partial charge in [-0.25, -0.2) is 13.4 Å². The number of rotatable bonds is 7. The molecule has 2 N–H and O–H groups in total. The molecule has 0 saturated carbocycles. The molecule has 0 saturated heterocycles. The fraction of sp³-hybridized carbons (Fsp3) is 0.500. The highest BCUT2D eigenvalue weighted by Crippen LogP contribution is 2.25. The van der Waals surface area contributed by atoms with Gasteiger partial charge in [0.1, 0.15) is 10.7 Å². The van der Waals surface area contributed by atoms with Crippen molar-refractivity contribution in [1.82, 2.24) is 4.98 Å². The summed E-state index contributed by atoms with van der Waals surface area (Å²) in [6.45, 7) is 4.39. The fourth-order valence-corrected chi connectivity index (χ4v) is 3.75. The summed E-state index contributed by atoms with van der Waals surface area (Å²) in [7, 11) is 2.82. The summed E-state index contributed by atoms with van der Waals surface area (Å²) in [6.07, 6.45) is 2.77. The lowest BCUT2D eigenvalue weighted by Gasteiger charge is -2.12. The normalized spacial score (nSPS) is 12.4. The van der Waals surface area contributed by atoms with Crippen LogP contribution in [0.4, 0.5) is 5.82 Å². The van der Waals surface area contributed by atoms with Gasteiger partial charge in [0, 0.05) is 29.3 Å². The van der Waals surface area contributed by atoms with Crippen LogP contribution in [0.3, 0.4) is 0 Å². The number of sulfone groups is 1. The van der Waals surface area contributed by atoms with E-state index >= 15 is 0 Å². The quantitative estimate of drug-likeness (QED) is 0.339. The second-order valence-electron chi connectivity index (χ2n) is 4.30. The van der Waals surface area contributed by atoms with Gasteiger partial charge in [0.25, 0.3) is 0 Å². The molecule has 1 aromatic heterocycles. The number of nitrogens with zero attached hydrogens (tertiary/aromatic N) is 2. The maximum absolute atomic E-state index is 12.3. The third-order valence-electron chi connectivity index (χ3n) is 2.61. The first kappa shape index (κ1) is 18.1. The molecule has 0 bridgehead atoms. The first-order chi connectivity index (χ1) is 10.00. The minimum absolute atomic E-state index is 0.0263. The van der Waals surface area contributed by atoms with Gasteiger partial charge in [-0.05, 0) is 29.6 Å². The predicted octanol–water partition coefficient (Wildman–Crippen LogP) is 3.11. The highest BCUT2D eigenvalue weighted by molar-refractivity contribution is 8.33. The molecule has 1 rings (SSSR count). The zero-order valence-corrected chi connectivity index (χ0v) is 14.2. The number of anilines is 1. The van der Waals surface area contributed by atoms with Crippen molar-refractivity contribution in [1.29, 1.82) is 0 Å². The first-order valence-electron chi connectivity index (χ1n) is 6.47. The van der Waals surface area contributed by atoms with E-state index in [4.69, 9.17) is 15.9 Å².